The van der Waals surface area contributed by atoms with Crippen molar-refractivity contribution in [1.29, 1.82) is 0 Å². The molecule has 0 radical (unpaired) electrons. The summed E-state index contributed by atoms with van der Waals surface area (Å²) in [5, 5.41) is 20.1. The number of nitrogens with one attached hydrogen (secondary N) is 2. The molecule has 1 amide bonds. The van der Waals surface area contributed by atoms with Gasteiger partial charge in [0.2, 0.25) is 5.95 Å². The van der Waals surface area contributed by atoms with E-state index in [-0.39, 0.29) is 12.5 Å². The number of anilines is 2. The van der Waals surface area contributed by atoms with Crippen molar-refractivity contribution < 1.29 is 14.6 Å². The van der Waals surface area contributed by atoms with Gasteiger partial charge in [-0.2, -0.15) is 10.1 Å². The van der Waals surface area contributed by atoms with Gasteiger partial charge in [-0.25, -0.2) is 4.68 Å². The molecule has 0 aliphatic carbocycles. The first-order chi connectivity index (χ1) is 15.5. The molecule has 8 heteroatoms. The molecule has 3 aromatic rings. The lowest BCUT2D eigenvalue weighted by Crippen LogP contribution is -2.31. The molecule has 1 unspecified atom stereocenters. The van der Waals surface area contributed by atoms with Gasteiger partial charge in [0.1, 0.15) is 11.8 Å². The van der Waals surface area contributed by atoms with Crippen LogP contribution in [0.5, 0.6) is 5.75 Å². The van der Waals surface area contributed by atoms with Gasteiger partial charge in [0, 0.05) is 24.4 Å². The molecular formula is C24H27N5O3. The quantitative estimate of drug-likeness (QED) is 0.528. The normalized spacial score (nSPS) is 15.2. The fraction of sp³-hybridized carbons (Fsp3) is 0.292. The Kier molecular flexibility index (Phi) is 6.23. The van der Waals surface area contributed by atoms with Crippen LogP contribution in [0.1, 0.15) is 36.3 Å². The van der Waals surface area contributed by atoms with Gasteiger partial charge in [0.05, 0.1) is 12.7 Å². The smallest absolute Gasteiger partial charge is 0.255 e. The van der Waals surface area contributed by atoms with Crippen LogP contribution in [0.4, 0.5) is 11.6 Å². The zero-order chi connectivity index (χ0) is 22.7. The molecular weight excluding hydrogens is 406 g/mol. The van der Waals surface area contributed by atoms with Crippen LogP contribution >= 0.6 is 0 Å². The van der Waals surface area contributed by atoms with E-state index in [2.05, 4.69) is 20.7 Å². The second kappa shape index (κ2) is 9.23. The Hall–Kier alpha value is -3.65. The maximum Gasteiger partial charge on any atom is 0.255 e. The van der Waals surface area contributed by atoms with Crippen molar-refractivity contribution >= 4 is 17.5 Å². The van der Waals surface area contributed by atoms with Gasteiger partial charge in [-0.1, -0.05) is 30.3 Å². The molecule has 1 aliphatic heterocycles. The third-order valence-corrected chi connectivity index (χ3v) is 5.50. The second-order valence-corrected chi connectivity index (χ2v) is 7.74. The Morgan fingerprint density at radius 1 is 1.22 bits per heavy atom. The van der Waals surface area contributed by atoms with E-state index in [1.165, 1.54) is 0 Å². The van der Waals surface area contributed by atoms with Gasteiger partial charge in [0.15, 0.2) is 5.82 Å². The van der Waals surface area contributed by atoms with Crippen LogP contribution in [0.25, 0.3) is 0 Å². The van der Waals surface area contributed by atoms with Gasteiger partial charge in [-0.3, -0.25) is 4.79 Å². The van der Waals surface area contributed by atoms with Crippen LogP contribution in [0, 0.1) is 6.92 Å². The van der Waals surface area contributed by atoms with Crippen LogP contribution in [0.3, 0.4) is 0 Å². The third-order valence-electron chi connectivity index (χ3n) is 5.50. The number of carbonyl (C=O) groups is 1. The topological polar surface area (TPSA) is 101 Å². The highest BCUT2D eigenvalue weighted by Gasteiger charge is 2.34. The lowest BCUT2D eigenvalue weighted by atomic mass is 9.94. The summed E-state index contributed by atoms with van der Waals surface area (Å²) in [6.07, 6.45) is 1.12. The lowest BCUT2D eigenvalue weighted by Gasteiger charge is -2.29. The Labute approximate surface area is 186 Å². The van der Waals surface area contributed by atoms with Crippen molar-refractivity contribution in [3.63, 3.8) is 0 Å². The van der Waals surface area contributed by atoms with Crippen LogP contribution in [0.15, 0.2) is 59.8 Å². The molecule has 32 heavy (non-hydrogen) atoms. The van der Waals surface area contributed by atoms with Gasteiger partial charge in [0.25, 0.3) is 5.91 Å². The number of hydrogen-bond donors (Lipinski definition) is 3. The SMILES string of the molecule is COc1cccc(C2C(C(=O)Nc3ccccc3C)=C(C)Nc3nc(CCCO)nn32)c1. The van der Waals surface area contributed by atoms with Crippen LogP contribution in [0.2, 0.25) is 0 Å². The minimum Gasteiger partial charge on any atom is -0.497 e. The summed E-state index contributed by atoms with van der Waals surface area (Å²) in [5.74, 6) is 1.66. The minimum atomic E-state index is -0.485. The first-order valence-electron chi connectivity index (χ1n) is 10.6. The third kappa shape index (κ3) is 4.22. The first-order valence-corrected chi connectivity index (χ1v) is 10.6. The summed E-state index contributed by atoms with van der Waals surface area (Å²) in [6.45, 7) is 3.89. The maximum absolute atomic E-state index is 13.5. The fourth-order valence-corrected chi connectivity index (χ4v) is 3.86. The standard InChI is InChI=1S/C24H27N5O3/c1-15-8-4-5-11-19(15)26-23(31)21-16(2)25-24-27-20(12-7-13-30)28-29(24)22(21)17-9-6-10-18(14-17)32-3/h4-6,8-11,14,22,30H,7,12-13H2,1-3H3,(H,26,31)(H,25,27,28). The Morgan fingerprint density at radius 3 is 2.78 bits per heavy atom. The molecule has 0 saturated heterocycles. The van der Waals surface area contributed by atoms with E-state index in [9.17, 15) is 9.90 Å². The monoisotopic (exact) mass is 433 g/mol. The number of carbonyl (C=O) groups excluding carboxylic acids is 1. The number of hydrogen-bond acceptors (Lipinski definition) is 6. The molecule has 0 bridgehead atoms. The molecule has 0 spiro atoms. The van der Waals surface area contributed by atoms with Crippen LogP contribution < -0.4 is 15.4 Å². The summed E-state index contributed by atoms with van der Waals surface area (Å²) in [7, 11) is 1.61. The van der Waals surface area contributed by atoms with Gasteiger partial charge >= 0.3 is 0 Å². The number of fused-ring (bicyclic) bond motifs is 1. The highest BCUT2D eigenvalue weighted by molar-refractivity contribution is 6.06. The number of para-hydroxylation sites is 1. The highest BCUT2D eigenvalue weighted by atomic mass is 16.5. The zero-order valence-electron chi connectivity index (χ0n) is 18.4. The number of nitrogens with zero attached hydrogens (tertiary/aromatic N) is 3. The predicted molar refractivity (Wildman–Crippen MR) is 123 cm³/mol. The maximum atomic E-state index is 13.5. The number of allylic oxidation sites excluding steroid dienone is 1. The van der Waals surface area contributed by atoms with E-state index in [0.717, 1.165) is 16.8 Å². The second-order valence-electron chi connectivity index (χ2n) is 7.74. The van der Waals surface area contributed by atoms with Crippen molar-refractivity contribution in [2.75, 3.05) is 24.4 Å². The van der Waals surface area contributed by atoms with E-state index in [1.807, 2.05) is 62.4 Å². The first kappa shape index (κ1) is 21.6. The van der Waals surface area contributed by atoms with Gasteiger partial charge in [-0.05, 0) is 49.6 Å². The largest absolute Gasteiger partial charge is 0.497 e. The highest BCUT2D eigenvalue weighted by Crippen LogP contribution is 2.37. The fourth-order valence-electron chi connectivity index (χ4n) is 3.86. The van der Waals surface area contributed by atoms with Crippen molar-refractivity contribution in [3.8, 4) is 5.75 Å². The summed E-state index contributed by atoms with van der Waals surface area (Å²) < 4.78 is 7.16. The molecule has 2 aromatic carbocycles. The molecule has 0 saturated carbocycles. The molecule has 3 N–H and O–H groups in total. The molecule has 4 rings (SSSR count). The molecule has 1 aromatic heterocycles. The van der Waals surface area contributed by atoms with Crippen molar-refractivity contribution in [2.24, 2.45) is 0 Å². The summed E-state index contributed by atoms with van der Waals surface area (Å²) in [4.78, 5) is 18.1. The van der Waals surface area contributed by atoms with Crippen molar-refractivity contribution in [3.05, 3.63) is 76.8 Å². The Bertz CT molecular complexity index is 1170. The van der Waals surface area contributed by atoms with E-state index in [1.54, 1.807) is 11.8 Å². The van der Waals surface area contributed by atoms with Crippen LogP contribution in [-0.2, 0) is 11.2 Å². The van der Waals surface area contributed by atoms with Crippen molar-refractivity contribution in [2.45, 2.75) is 32.7 Å². The summed E-state index contributed by atoms with van der Waals surface area (Å²) >= 11 is 0. The molecule has 2 heterocycles. The van der Waals surface area contributed by atoms with E-state index in [4.69, 9.17) is 4.74 Å². The number of aliphatic hydroxyl groups is 1. The Morgan fingerprint density at radius 2 is 2.03 bits per heavy atom. The molecule has 0 fully saturated rings. The number of benzene rings is 2. The van der Waals surface area contributed by atoms with E-state index in [0.29, 0.717) is 41.6 Å². The number of amides is 1. The van der Waals surface area contributed by atoms with Gasteiger partial charge < -0.3 is 20.5 Å². The molecule has 1 aliphatic rings. The zero-order valence-corrected chi connectivity index (χ0v) is 18.4. The minimum absolute atomic E-state index is 0.0674. The van der Waals surface area contributed by atoms with Crippen LogP contribution in [-0.4, -0.2) is 39.5 Å². The lowest BCUT2D eigenvalue weighted by molar-refractivity contribution is -0.113. The molecule has 8 nitrogen and oxygen atoms in total. The average Bonchev–Trinajstić information content (AvgIpc) is 3.20. The summed E-state index contributed by atoms with van der Waals surface area (Å²) in [6, 6.07) is 14.8. The number of rotatable bonds is 7. The van der Waals surface area contributed by atoms with E-state index < -0.39 is 6.04 Å². The number of aryl methyl sites for hydroxylation is 2. The number of aromatic nitrogens is 3. The number of methoxy groups -OCH3 is 1. The average molecular weight is 434 g/mol. The van der Waals surface area contributed by atoms with Crippen molar-refractivity contribution in [1.82, 2.24) is 14.8 Å². The molecule has 166 valence electrons. The number of aliphatic hydroxyl groups excluding tert-OH is 1. The number of ether oxygens (including phenoxy) is 1. The van der Waals surface area contributed by atoms with E-state index >= 15 is 0 Å². The molecule has 1 atom stereocenters. The van der Waals surface area contributed by atoms with Gasteiger partial charge in [-0.15, -0.1) is 0 Å². The predicted octanol–water partition coefficient (Wildman–Crippen LogP) is 3.45. The Balaban J connectivity index is 1.78. The summed E-state index contributed by atoms with van der Waals surface area (Å²) in [5.41, 5.74) is 3.86.